The summed E-state index contributed by atoms with van der Waals surface area (Å²) in [5.41, 5.74) is 8.50. The van der Waals surface area contributed by atoms with Crippen LogP contribution >= 0.6 is 15.9 Å². The molecule has 0 spiro atoms. The molecule has 2 aromatic rings. The molecule has 1 aromatic heterocycles. The fourth-order valence-corrected chi connectivity index (χ4v) is 1.98. The van der Waals surface area contributed by atoms with Crippen molar-refractivity contribution < 1.29 is 4.74 Å². The third-order valence-corrected chi connectivity index (χ3v) is 3.09. The second-order valence-corrected chi connectivity index (χ2v) is 4.57. The predicted octanol–water partition coefficient (Wildman–Crippen LogP) is 3.31. The van der Waals surface area contributed by atoms with E-state index >= 15 is 0 Å². The van der Waals surface area contributed by atoms with Gasteiger partial charge in [0.15, 0.2) is 5.75 Å². The van der Waals surface area contributed by atoms with Gasteiger partial charge in [-0.15, -0.1) is 0 Å². The van der Waals surface area contributed by atoms with Gasteiger partial charge in [-0.05, 0) is 46.6 Å². The van der Waals surface area contributed by atoms with Crippen LogP contribution in [0.2, 0.25) is 0 Å². The van der Waals surface area contributed by atoms with Gasteiger partial charge in [0.1, 0.15) is 6.61 Å². The Kier molecular flexibility index (Phi) is 3.64. The summed E-state index contributed by atoms with van der Waals surface area (Å²) in [5, 5.41) is 0. The van der Waals surface area contributed by atoms with Crippen LogP contribution in [0.1, 0.15) is 11.3 Å². The molecule has 0 radical (unpaired) electrons. The lowest BCUT2D eigenvalue weighted by molar-refractivity contribution is 0.300. The highest BCUT2D eigenvalue weighted by Crippen LogP contribution is 2.31. The van der Waals surface area contributed by atoms with Gasteiger partial charge < -0.3 is 10.5 Å². The van der Waals surface area contributed by atoms with Crippen LogP contribution in [0.4, 0.5) is 5.69 Å². The Labute approximate surface area is 109 Å². The van der Waals surface area contributed by atoms with Gasteiger partial charge in [0.2, 0.25) is 0 Å². The molecule has 17 heavy (non-hydrogen) atoms. The van der Waals surface area contributed by atoms with E-state index < -0.39 is 0 Å². The Hall–Kier alpha value is -1.55. The van der Waals surface area contributed by atoms with Crippen LogP contribution in [0.5, 0.6) is 5.75 Å². The molecule has 0 fully saturated rings. The molecule has 0 unspecified atom stereocenters. The minimum absolute atomic E-state index is 0.416. The molecule has 0 saturated carbocycles. The first kappa shape index (κ1) is 11.9. The van der Waals surface area contributed by atoms with Gasteiger partial charge in [-0.1, -0.05) is 12.1 Å². The van der Waals surface area contributed by atoms with E-state index in [9.17, 15) is 0 Å². The number of halogens is 1. The molecule has 0 saturated heterocycles. The van der Waals surface area contributed by atoms with E-state index in [1.54, 1.807) is 6.20 Å². The normalized spacial score (nSPS) is 10.2. The summed E-state index contributed by atoms with van der Waals surface area (Å²) in [6, 6.07) is 9.50. The second-order valence-electron chi connectivity index (χ2n) is 3.71. The van der Waals surface area contributed by atoms with Crippen LogP contribution in [0.15, 0.2) is 41.0 Å². The number of aryl methyl sites for hydroxylation is 1. The lowest BCUT2D eigenvalue weighted by Crippen LogP contribution is -2.02. The Bertz CT molecular complexity index is 508. The summed E-state index contributed by atoms with van der Waals surface area (Å²) >= 11 is 3.41. The van der Waals surface area contributed by atoms with E-state index in [1.807, 2.05) is 37.3 Å². The zero-order valence-electron chi connectivity index (χ0n) is 9.48. The first-order valence-corrected chi connectivity index (χ1v) is 6.05. The van der Waals surface area contributed by atoms with Crippen molar-refractivity contribution in [3.8, 4) is 5.75 Å². The largest absolute Gasteiger partial charge is 0.484 e. The van der Waals surface area contributed by atoms with Gasteiger partial charge in [-0.25, -0.2) is 0 Å². The molecule has 0 amide bonds. The van der Waals surface area contributed by atoms with Crippen LogP contribution in [0, 0.1) is 6.92 Å². The molecule has 88 valence electrons. The van der Waals surface area contributed by atoms with Gasteiger partial charge in [0.05, 0.1) is 15.9 Å². The number of rotatable bonds is 3. The number of nitrogens with two attached hydrogens (primary N) is 1. The highest BCUT2D eigenvalue weighted by Gasteiger charge is 2.06. The Morgan fingerprint density at radius 2 is 2.12 bits per heavy atom. The molecule has 1 aromatic carbocycles. The lowest BCUT2D eigenvalue weighted by atomic mass is 10.2. The van der Waals surface area contributed by atoms with E-state index in [1.165, 1.54) is 0 Å². The van der Waals surface area contributed by atoms with E-state index in [-0.39, 0.29) is 0 Å². The Balaban J connectivity index is 2.16. The number of ether oxygens (including phenoxy) is 1. The monoisotopic (exact) mass is 292 g/mol. The first-order chi connectivity index (χ1) is 8.18. The summed E-state index contributed by atoms with van der Waals surface area (Å²) in [4.78, 5) is 4.27. The highest BCUT2D eigenvalue weighted by molar-refractivity contribution is 9.10. The van der Waals surface area contributed by atoms with Crippen LogP contribution < -0.4 is 10.5 Å². The number of hydrogen-bond acceptors (Lipinski definition) is 3. The number of anilines is 1. The summed E-state index contributed by atoms with van der Waals surface area (Å²) in [6.07, 6.45) is 1.76. The topological polar surface area (TPSA) is 48.1 Å². The molecule has 2 N–H and O–H groups in total. The average Bonchev–Trinajstić information content (AvgIpc) is 2.30. The lowest BCUT2D eigenvalue weighted by Gasteiger charge is -2.11. The number of para-hydroxylation sites is 1. The van der Waals surface area contributed by atoms with Gasteiger partial charge in [0.25, 0.3) is 0 Å². The van der Waals surface area contributed by atoms with Crippen LogP contribution in [0.3, 0.4) is 0 Å². The second kappa shape index (κ2) is 5.19. The molecule has 4 heteroatoms. The Morgan fingerprint density at radius 3 is 2.82 bits per heavy atom. The number of nitrogens with zero attached hydrogens (tertiary/aromatic N) is 1. The molecule has 0 atom stereocenters. The van der Waals surface area contributed by atoms with Crippen LogP contribution in [-0.4, -0.2) is 4.98 Å². The van der Waals surface area contributed by atoms with E-state index in [0.717, 1.165) is 15.7 Å². The maximum atomic E-state index is 5.85. The van der Waals surface area contributed by atoms with E-state index in [4.69, 9.17) is 10.5 Å². The predicted molar refractivity (Wildman–Crippen MR) is 71.9 cm³/mol. The highest BCUT2D eigenvalue weighted by atomic mass is 79.9. The number of benzene rings is 1. The third kappa shape index (κ3) is 2.77. The number of pyridine rings is 1. The van der Waals surface area contributed by atoms with Crippen molar-refractivity contribution in [1.82, 2.24) is 4.98 Å². The van der Waals surface area contributed by atoms with Crippen molar-refractivity contribution >= 4 is 21.6 Å². The number of aromatic nitrogens is 1. The summed E-state index contributed by atoms with van der Waals surface area (Å²) in [5.74, 6) is 0.664. The third-order valence-electron chi connectivity index (χ3n) is 2.47. The maximum Gasteiger partial charge on any atom is 0.156 e. The number of hydrogen-bond donors (Lipinski definition) is 1. The Morgan fingerprint density at radius 1 is 1.29 bits per heavy atom. The van der Waals surface area contributed by atoms with Gasteiger partial charge >= 0.3 is 0 Å². The quantitative estimate of drug-likeness (QED) is 0.883. The van der Waals surface area contributed by atoms with Gasteiger partial charge in [-0.3, -0.25) is 4.98 Å². The molecular formula is C13H13BrN2O. The molecule has 0 aliphatic heterocycles. The fraction of sp³-hybridized carbons (Fsp3) is 0.154. The SMILES string of the molecule is Cc1cccnc1COc1c(N)cccc1Br. The fourth-order valence-electron chi connectivity index (χ4n) is 1.49. The molecular weight excluding hydrogens is 280 g/mol. The minimum atomic E-state index is 0.416. The van der Waals surface area contributed by atoms with Gasteiger partial charge in [-0.2, -0.15) is 0 Å². The number of nitrogen functional groups attached to an aromatic ring is 1. The van der Waals surface area contributed by atoms with Crippen LogP contribution in [-0.2, 0) is 6.61 Å². The zero-order chi connectivity index (χ0) is 12.3. The zero-order valence-corrected chi connectivity index (χ0v) is 11.1. The van der Waals surface area contributed by atoms with Crippen molar-refractivity contribution in [2.75, 3.05) is 5.73 Å². The van der Waals surface area contributed by atoms with Gasteiger partial charge in [0, 0.05) is 6.20 Å². The molecule has 1 heterocycles. The van der Waals surface area contributed by atoms with Crippen LogP contribution in [0.25, 0.3) is 0 Å². The smallest absolute Gasteiger partial charge is 0.156 e. The molecule has 0 aliphatic rings. The van der Waals surface area contributed by atoms with E-state index in [2.05, 4.69) is 20.9 Å². The maximum absolute atomic E-state index is 5.85. The molecule has 0 aliphatic carbocycles. The van der Waals surface area contributed by atoms with Crippen molar-refractivity contribution in [3.05, 3.63) is 52.3 Å². The van der Waals surface area contributed by atoms with Crippen molar-refractivity contribution in [1.29, 1.82) is 0 Å². The van der Waals surface area contributed by atoms with E-state index in [0.29, 0.717) is 18.0 Å². The first-order valence-electron chi connectivity index (χ1n) is 5.26. The van der Waals surface area contributed by atoms with Crippen molar-refractivity contribution in [2.45, 2.75) is 13.5 Å². The summed E-state index contributed by atoms with van der Waals surface area (Å²) < 4.78 is 6.55. The molecule has 0 bridgehead atoms. The summed E-state index contributed by atoms with van der Waals surface area (Å²) in [6.45, 7) is 2.43. The van der Waals surface area contributed by atoms with Crippen molar-refractivity contribution in [2.24, 2.45) is 0 Å². The minimum Gasteiger partial charge on any atom is -0.484 e. The standard InChI is InChI=1S/C13H13BrN2O/c1-9-4-3-7-16-12(9)8-17-13-10(14)5-2-6-11(13)15/h2-7H,8,15H2,1H3. The molecule has 3 nitrogen and oxygen atoms in total. The average molecular weight is 293 g/mol. The van der Waals surface area contributed by atoms with Crippen molar-refractivity contribution in [3.63, 3.8) is 0 Å². The molecule has 2 rings (SSSR count). The summed E-state index contributed by atoms with van der Waals surface area (Å²) in [7, 11) is 0.